The maximum atomic E-state index is 5.69. The van der Waals surface area contributed by atoms with Crippen LogP contribution in [0.25, 0.3) is 0 Å². The molecule has 6 heteroatoms. The Labute approximate surface area is 107 Å². The highest BCUT2D eigenvalue weighted by Gasteiger charge is 2.25. The van der Waals surface area contributed by atoms with Crippen LogP contribution in [0.3, 0.4) is 0 Å². The van der Waals surface area contributed by atoms with Gasteiger partial charge < -0.3 is 9.47 Å². The minimum atomic E-state index is 0.00395. The third-order valence-electron chi connectivity index (χ3n) is 3.22. The minimum absolute atomic E-state index is 0.00395. The van der Waals surface area contributed by atoms with Crippen LogP contribution >= 0.6 is 0 Å². The Morgan fingerprint density at radius 1 is 1.61 bits per heavy atom. The van der Waals surface area contributed by atoms with Crippen molar-refractivity contribution in [1.29, 1.82) is 0 Å². The number of nitrogens with one attached hydrogen (secondary N) is 1. The van der Waals surface area contributed by atoms with E-state index >= 15 is 0 Å². The number of hydrogen-bond acceptors (Lipinski definition) is 5. The van der Waals surface area contributed by atoms with E-state index in [1.165, 1.54) is 5.69 Å². The van der Waals surface area contributed by atoms with E-state index in [2.05, 4.69) is 23.5 Å². The lowest BCUT2D eigenvalue weighted by atomic mass is 10.1. The van der Waals surface area contributed by atoms with Crippen LogP contribution in [0.1, 0.15) is 18.3 Å². The van der Waals surface area contributed by atoms with Crippen molar-refractivity contribution in [2.24, 2.45) is 5.84 Å². The summed E-state index contributed by atoms with van der Waals surface area (Å²) in [4.78, 5) is 0. The fourth-order valence-electron chi connectivity index (χ4n) is 2.30. The summed E-state index contributed by atoms with van der Waals surface area (Å²) in [6, 6.07) is 2.14. The topological polar surface area (TPSA) is 74.3 Å². The SMILES string of the molecule is CCn1nc(C)cc1CC(NN)C1COCCO1. The van der Waals surface area contributed by atoms with Crippen molar-refractivity contribution >= 4 is 0 Å². The van der Waals surface area contributed by atoms with Gasteiger partial charge in [-0.05, 0) is 19.9 Å². The van der Waals surface area contributed by atoms with Gasteiger partial charge in [0.25, 0.3) is 0 Å². The van der Waals surface area contributed by atoms with Crippen molar-refractivity contribution in [3.05, 3.63) is 17.5 Å². The first-order chi connectivity index (χ1) is 8.74. The predicted octanol–water partition coefficient (Wildman–Crippen LogP) is 0.00122. The van der Waals surface area contributed by atoms with Crippen LogP contribution in [0.15, 0.2) is 6.07 Å². The standard InChI is InChI=1S/C12H22N4O2/c1-3-16-10(6-9(2)15-16)7-11(14-13)12-8-17-4-5-18-12/h6,11-12,14H,3-5,7-8,13H2,1-2H3. The second-order valence-corrected chi connectivity index (χ2v) is 4.55. The van der Waals surface area contributed by atoms with Crippen molar-refractivity contribution in [2.75, 3.05) is 19.8 Å². The average Bonchev–Trinajstić information content (AvgIpc) is 2.77. The second-order valence-electron chi connectivity index (χ2n) is 4.55. The van der Waals surface area contributed by atoms with Gasteiger partial charge in [-0.1, -0.05) is 0 Å². The molecule has 1 aromatic rings. The molecule has 0 saturated carbocycles. The summed E-state index contributed by atoms with van der Waals surface area (Å²) >= 11 is 0. The Kier molecular flexibility index (Phi) is 4.71. The zero-order valence-corrected chi connectivity index (χ0v) is 11.1. The largest absolute Gasteiger partial charge is 0.376 e. The summed E-state index contributed by atoms with van der Waals surface area (Å²) in [5.41, 5.74) is 5.04. The fourth-order valence-corrected chi connectivity index (χ4v) is 2.30. The van der Waals surface area contributed by atoms with Crippen molar-refractivity contribution in [1.82, 2.24) is 15.2 Å². The minimum Gasteiger partial charge on any atom is -0.376 e. The van der Waals surface area contributed by atoms with Gasteiger partial charge >= 0.3 is 0 Å². The molecule has 102 valence electrons. The highest BCUT2D eigenvalue weighted by Crippen LogP contribution is 2.12. The number of hydrazine groups is 1. The van der Waals surface area contributed by atoms with Crippen molar-refractivity contribution in [2.45, 2.75) is 39.0 Å². The Hall–Kier alpha value is -0.950. The first kappa shape index (κ1) is 13.5. The van der Waals surface area contributed by atoms with Crippen molar-refractivity contribution < 1.29 is 9.47 Å². The van der Waals surface area contributed by atoms with Crippen LogP contribution < -0.4 is 11.3 Å². The summed E-state index contributed by atoms with van der Waals surface area (Å²) in [6.07, 6.45) is 0.795. The molecule has 18 heavy (non-hydrogen) atoms. The number of nitrogens with zero attached hydrogens (tertiary/aromatic N) is 2. The van der Waals surface area contributed by atoms with Crippen molar-refractivity contribution in [3.8, 4) is 0 Å². The number of aromatic nitrogens is 2. The van der Waals surface area contributed by atoms with E-state index in [1.807, 2.05) is 11.6 Å². The number of ether oxygens (including phenoxy) is 2. The molecule has 0 spiro atoms. The zero-order valence-electron chi connectivity index (χ0n) is 11.1. The predicted molar refractivity (Wildman–Crippen MR) is 68.0 cm³/mol. The monoisotopic (exact) mass is 254 g/mol. The lowest BCUT2D eigenvalue weighted by molar-refractivity contribution is -0.101. The molecule has 2 heterocycles. The van der Waals surface area contributed by atoms with Gasteiger partial charge in [-0.2, -0.15) is 5.10 Å². The molecule has 2 rings (SSSR count). The summed E-state index contributed by atoms with van der Waals surface area (Å²) in [5, 5.41) is 4.44. The number of nitrogens with two attached hydrogens (primary N) is 1. The molecule has 0 aliphatic carbocycles. The van der Waals surface area contributed by atoms with Crippen LogP contribution in [0, 0.1) is 6.92 Å². The molecule has 1 aliphatic heterocycles. The molecule has 1 aromatic heterocycles. The molecule has 0 radical (unpaired) electrons. The molecule has 0 amide bonds. The van der Waals surface area contributed by atoms with Gasteiger partial charge in [-0.15, -0.1) is 0 Å². The quantitative estimate of drug-likeness (QED) is 0.571. The van der Waals surface area contributed by atoms with E-state index < -0.39 is 0 Å². The molecule has 1 aliphatic rings. The van der Waals surface area contributed by atoms with E-state index in [9.17, 15) is 0 Å². The van der Waals surface area contributed by atoms with E-state index in [1.54, 1.807) is 0 Å². The third kappa shape index (κ3) is 3.08. The summed E-state index contributed by atoms with van der Waals surface area (Å²) < 4.78 is 13.1. The fraction of sp³-hybridized carbons (Fsp3) is 0.750. The van der Waals surface area contributed by atoms with E-state index in [4.69, 9.17) is 15.3 Å². The molecule has 2 atom stereocenters. The molecule has 0 bridgehead atoms. The van der Waals surface area contributed by atoms with Crippen LogP contribution in [0.2, 0.25) is 0 Å². The molecular formula is C12H22N4O2. The van der Waals surface area contributed by atoms with Gasteiger partial charge in [0.1, 0.15) is 0 Å². The number of aryl methyl sites for hydroxylation is 2. The molecule has 1 fully saturated rings. The van der Waals surface area contributed by atoms with Gasteiger partial charge in [-0.25, -0.2) is 0 Å². The van der Waals surface area contributed by atoms with Crippen molar-refractivity contribution in [3.63, 3.8) is 0 Å². The first-order valence-corrected chi connectivity index (χ1v) is 6.43. The Morgan fingerprint density at radius 3 is 3.06 bits per heavy atom. The van der Waals surface area contributed by atoms with Crippen LogP contribution in [0.4, 0.5) is 0 Å². The second kappa shape index (κ2) is 6.29. The maximum absolute atomic E-state index is 5.69. The zero-order chi connectivity index (χ0) is 13.0. The summed E-state index contributed by atoms with van der Waals surface area (Å²) in [5.74, 6) is 5.63. The maximum Gasteiger partial charge on any atom is 0.0979 e. The Morgan fingerprint density at radius 2 is 2.44 bits per heavy atom. The lowest BCUT2D eigenvalue weighted by Crippen LogP contribution is -2.50. The molecule has 0 aromatic carbocycles. The van der Waals surface area contributed by atoms with Gasteiger partial charge in [0, 0.05) is 18.7 Å². The van der Waals surface area contributed by atoms with Gasteiger partial charge in [0.2, 0.25) is 0 Å². The molecule has 2 unspecified atom stereocenters. The smallest absolute Gasteiger partial charge is 0.0979 e. The van der Waals surface area contributed by atoms with Gasteiger partial charge in [0.15, 0.2) is 0 Å². The average molecular weight is 254 g/mol. The normalized spacial score (nSPS) is 22.1. The Balaban J connectivity index is 2.04. The van der Waals surface area contributed by atoms with Crippen LogP contribution in [-0.2, 0) is 22.4 Å². The number of rotatable bonds is 5. The van der Waals surface area contributed by atoms with E-state index in [0.717, 1.165) is 18.7 Å². The molecule has 6 nitrogen and oxygen atoms in total. The van der Waals surface area contributed by atoms with Crippen LogP contribution in [0.5, 0.6) is 0 Å². The highest BCUT2D eigenvalue weighted by molar-refractivity contribution is 5.11. The van der Waals surface area contributed by atoms with Gasteiger partial charge in [0.05, 0.1) is 37.7 Å². The number of hydrogen-bond donors (Lipinski definition) is 2. The summed E-state index contributed by atoms with van der Waals surface area (Å²) in [7, 11) is 0. The van der Waals surface area contributed by atoms with E-state index in [0.29, 0.717) is 19.8 Å². The molecule has 3 N–H and O–H groups in total. The highest BCUT2D eigenvalue weighted by atomic mass is 16.6. The summed E-state index contributed by atoms with van der Waals surface area (Å²) in [6.45, 7) is 6.84. The first-order valence-electron chi connectivity index (χ1n) is 6.43. The van der Waals surface area contributed by atoms with Gasteiger partial charge in [-0.3, -0.25) is 16.0 Å². The third-order valence-corrected chi connectivity index (χ3v) is 3.22. The van der Waals surface area contributed by atoms with Crippen LogP contribution in [-0.4, -0.2) is 41.7 Å². The van der Waals surface area contributed by atoms with E-state index in [-0.39, 0.29) is 12.1 Å². The molecule has 1 saturated heterocycles. The Bertz CT molecular complexity index is 374. The lowest BCUT2D eigenvalue weighted by Gasteiger charge is -2.30. The molecular weight excluding hydrogens is 232 g/mol.